The fourth-order valence-corrected chi connectivity index (χ4v) is 2.32. The minimum atomic E-state index is -0.307. The quantitative estimate of drug-likeness (QED) is 0.860. The maximum Gasteiger partial charge on any atom is 0.274 e. The Morgan fingerprint density at radius 1 is 1.44 bits per heavy atom. The average molecular weight is 264 g/mol. The van der Waals surface area contributed by atoms with Gasteiger partial charge in [0.2, 0.25) is 5.91 Å². The van der Waals surface area contributed by atoms with Gasteiger partial charge in [0, 0.05) is 5.69 Å². The van der Waals surface area contributed by atoms with Crippen molar-refractivity contribution in [2.75, 3.05) is 12.4 Å². The Hall–Kier alpha value is -1.95. The summed E-state index contributed by atoms with van der Waals surface area (Å²) in [5.74, 6) is -0.466. The van der Waals surface area contributed by atoms with E-state index in [9.17, 15) is 9.59 Å². The monoisotopic (exact) mass is 264 g/mol. The zero-order valence-corrected chi connectivity index (χ0v) is 10.8. The van der Waals surface area contributed by atoms with E-state index in [0.717, 1.165) is 10.2 Å². The number of hydrogen-bond donors (Lipinski definition) is 1. The first kappa shape index (κ1) is 12.5. The number of rotatable bonds is 4. The summed E-state index contributed by atoms with van der Waals surface area (Å²) in [6.07, 6.45) is -0.107. The number of hydrogen-bond acceptors (Lipinski definition) is 5. The van der Waals surface area contributed by atoms with Crippen LogP contribution in [0.5, 0.6) is 5.19 Å². The molecule has 1 N–H and O–H groups in total. The fourth-order valence-electron chi connectivity index (χ4n) is 1.50. The summed E-state index contributed by atoms with van der Waals surface area (Å²) in [4.78, 5) is 26.5. The zero-order chi connectivity index (χ0) is 13.1. The first-order chi connectivity index (χ1) is 8.58. The number of fused-ring (bicyclic) bond motifs is 1. The number of carbonyl (C=O) groups excluding carboxylic acids is 2. The normalized spacial score (nSPS) is 10.3. The second kappa shape index (κ2) is 5.14. The summed E-state index contributed by atoms with van der Waals surface area (Å²) in [6, 6.07) is 5.37. The Labute approximate surface area is 108 Å². The molecule has 0 aliphatic carbocycles. The van der Waals surface area contributed by atoms with Crippen LogP contribution in [0.15, 0.2) is 18.2 Å². The number of thiazole rings is 1. The molecular weight excluding hydrogens is 252 g/mol. The first-order valence-electron chi connectivity index (χ1n) is 5.32. The predicted octanol–water partition coefficient (Wildman–Crippen LogP) is 2.22. The van der Waals surface area contributed by atoms with E-state index in [1.165, 1.54) is 18.3 Å². The van der Waals surface area contributed by atoms with Crippen LogP contribution in [0.4, 0.5) is 5.69 Å². The largest absolute Gasteiger partial charge is 0.473 e. The van der Waals surface area contributed by atoms with E-state index in [0.29, 0.717) is 10.9 Å². The van der Waals surface area contributed by atoms with Crippen LogP contribution in [0.25, 0.3) is 10.2 Å². The third-order valence-corrected chi connectivity index (χ3v) is 3.22. The van der Waals surface area contributed by atoms with E-state index in [-0.39, 0.29) is 18.1 Å². The van der Waals surface area contributed by atoms with Gasteiger partial charge in [0.25, 0.3) is 5.19 Å². The summed E-state index contributed by atoms with van der Waals surface area (Å²) in [7, 11) is 1.56. The maximum absolute atomic E-state index is 11.5. The number of nitrogens with one attached hydrogen (secondary N) is 1. The van der Waals surface area contributed by atoms with Crippen molar-refractivity contribution in [3.63, 3.8) is 0 Å². The van der Waals surface area contributed by atoms with E-state index in [2.05, 4.69) is 10.3 Å². The highest BCUT2D eigenvalue weighted by atomic mass is 32.1. The number of ether oxygens (including phenoxy) is 1. The molecule has 0 saturated heterocycles. The van der Waals surface area contributed by atoms with Crippen LogP contribution in [0.2, 0.25) is 0 Å². The summed E-state index contributed by atoms with van der Waals surface area (Å²) < 4.78 is 5.97. The summed E-state index contributed by atoms with van der Waals surface area (Å²) >= 11 is 1.40. The van der Waals surface area contributed by atoms with Crippen LogP contribution in [-0.4, -0.2) is 23.8 Å². The molecule has 1 amide bonds. The standard InChI is InChI=1S/C12H12N2O3S/c1-7(15)5-11(16)13-8-3-4-9-10(6-8)18-12(14-9)17-2/h3-4,6H,5H2,1-2H3,(H,13,16). The molecular formula is C12H12N2O3S. The number of nitrogens with zero attached hydrogens (tertiary/aromatic N) is 1. The molecule has 94 valence electrons. The molecule has 0 fully saturated rings. The molecule has 0 unspecified atom stereocenters. The number of Topliss-reactive ketones (excluding diaryl/α,β-unsaturated/α-hetero) is 1. The Bertz CT molecular complexity index is 606. The van der Waals surface area contributed by atoms with Crippen molar-refractivity contribution >= 4 is 38.9 Å². The van der Waals surface area contributed by atoms with Gasteiger partial charge in [0.15, 0.2) is 0 Å². The van der Waals surface area contributed by atoms with Gasteiger partial charge in [-0.3, -0.25) is 9.59 Å². The zero-order valence-electron chi connectivity index (χ0n) is 10.0. The molecule has 0 radical (unpaired) electrons. The number of benzene rings is 1. The van der Waals surface area contributed by atoms with Gasteiger partial charge >= 0.3 is 0 Å². The van der Waals surface area contributed by atoms with Crippen LogP contribution in [-0.2, 0) is 9.59 Å². The van der Waals surface area contributed by atoms with Gasteiger partial charge < -0.3 is 10.1 Å². The van der Waals surface area contributed by atoms with Gasteiger partial charge in [-0.2, -0.15) is 0 Å². The fraction of sp³-hybridized carbons (Fsp3) is 0.250. The third kappa shape index (κ3) is 2.84. The maximum atomic E-state index is 11.5. The molecule has 1 heterocycles. The molecule has 1 aromatic carbocycles. The van der Waals surface area contributed by atoms with Gasteiger partial charge in [-0.1, -0.05) is 11.3 Å². The van der Waals surface area contributed by atoms with Crippen LogP contribution in [0, 0.1) is 0 Å². The molecule has 2 rings (SSSR count). The summed E-state index contributed by atoms with van der Waals surface area (Å²) in [6.45, 7) is 1.39. The van der Waals surface area contributed by atoms with E-state index < -0.39 is 0 Å². The Morgan fingerprint density at radius 3 is 2.89 bits per heavy atom. The third-order valence-electron chi connectivity index (χ3n) is 2.24. The highest BCUT2D eigenvalue weighted by Crippen LogP contribution is 2.29. The topological polar surface area (TPSA) is 68.3 Å². The van der Waals surface area contributed by atoms with Gasteiger partial charge in [0.1, 0.15) is 5.78 Å². The van der Waals surface area contributed by atoms with Crippen LogP contribution in [0.1, 0.15) is 13.3 Å². The lowest BCUT2D eigenvalue weighted by Gasteiger charge is -2.02. The first-order valence-corrected chi connectivity index (χ1v) is 6.14. The van der Waals surface area contributed by atoms with E-state index in [1.807, 2.05) is 6.07 Å². The Balaban J connectivity index is 2.19. The number of aromatic nitrogens is 1. The second-order valence-electron chi connectivity index (χ2n) is 3.79. The number of amides is 1. The minimum Gasteiger partial charge on any atom is -0.473 e. The Kier molecular flexibility index (Phi) is 3.57. The number of ketones is 1. The molecule has 0 aliphatic rings. The lowest BCUT2D eigenvalue weighted by atomic mass is 10.2. The molecule has 5 nitrogen and oxygen atoms in total. The van der Waals surface area contributed by atoms with E-state index >= 15 is 0 Å². The van der Waals surface area contributed by atoms with Crippen molar-refractivity contribution in [1.82, 2.24) is 4.98 Å². The molecule has 2 aromatic rings. The SMILES string of the molecule is COc1nc2ccc(NC(=O)CC(C)=O)cc2s1. The highest BCUT2D eigenvalue weighted by Gasteiger charge is 2.08. The molecule has 0 spiro atoms. The predicted molar refractivity (Wildman–Crippen MR) is 70.1 cm³/mol. The molecule has 0 saturated carbocycles. The Morgan fingerprint density at radius 2 is 2.22 bits per heavy atom. The number of anilines is 1. The molecule has 18 heavy (non-hydrogen) atoms. The number of methoxy groups -OCH3 is 1. The van der Waals surface area contributed by atoms with E-state index in [4.69, 9.17) is 4.74 Å². The van der Waals surface area contributed by atoms with Crippen molar-refractivity contribution in [3.8, 4) is 5.19 Å². The molecule has 0 bridgehead atoms. The van der Waals surface area contributed by atoms with Crippen molar-refractivity contribution in [2.24, 2.45) is 0 Å². The van der Waals surface area contributed by atoms with E-state index in [1.54, 1.807) is 19.2 Å². The van der Waals surface area contributed by atoms with Gasteiger partial charge in [-0.05, 0) is 25.1 Å². The number of carbonyl (C=O) groups is 2. The van der Waals surface area contributed by atoms with Gasteiger partial charge in [0.05, 0.1) is 23.7 Å². The molecule has 6 heteroatoms. The van der Waals surface area contributed by atoms with Crippen LogP contribution < -0.4 is 10.1 Å². The highest BCUT2D eigenvalue weighted by molar-refractivity contribution is 7.20. The summed E-state index contributed by atoms with van der Waals surface area (Å²) in [5, 5.41) is 3.25. The smallest absolute Gasteiger partial charge is 0.274 e. The average Bonchev–Trinajstić information content (AvgIpc) is 2.69. The lowest BCUT2D eigenvalue weighted by molar-refractivity contribution is -0.124. The molecule has 0 atom stereocenters. The van der Waals surface area contributed by atoms with Gasteiger partial charge in [-0.25, -0.2) is 4.98 Å². The molecule has 0 aliphatic heterocycles. The summed E-state index contributed by atoms with van der Waals surface area (Å²) in [5.41, 5.74) is 1.47. The van der Waals surface area contributed by atoms with Crippen molar-refractivity contribution in [3.05, 3.63) is 18.2 Å². The van der Waals surface area contributed by atoms with Crippen LogP contribution in [0.3, 0.4) is 0 Å². The second-order valence-corrected chi connectivity index (χ2v) is 4.79. The van der Waals surface area contributed by atoms with Crippen molar-refractivity contribution in [2.45, 2.75) is 13.3 Å². The van der Waals surface area contributed by atoms with Gasteiger partial charge in [-0.15, -0.1) is 0 Å². The lowest BCUT2D eigenvalue weighted by Crippen LogP contribution is -2.14. The van der Waals surface area contributed by atoms with Crippen LogP contribution >= 0.6 is 11.3 Å². The van der Waals surface area contributed by atoms with Crippen molar-refractivity contribution < 1.29 is 14.3 Å². The van der Waals surface area contributed by atoms with Crippen molar-refractivity contribution in [1.29, 1.82) is 0 Å². The molecule has 1 aromatic heterocycles. The minimum absolute atomic E-state index is 0.107.